The zero-order valence-corrected chi connectivity index (χ0v) is 10.6. The van der Waals surface area contributed by atoms with Gasteiger partial charge >= 0.3 is 0 Å². The van der Waals surface area contributed by atoms with Crippen LogP contribution in [0.25, 0.3) is 0 Å². The number of nitrogen functional groups attached to an aromatic ring is 1. The minimum atomic E-state index is 0.301. The molecule has 100 valence electrons. The highest BCUT2D eigenvalue weighted by Gasteiger charge is 2.13. The van der Waals surface area contributed by atoms with Crippen LogP contribution in [0.1, 0.15) is 5.56 Å². The Morgan fingerprint density at radius 2 is 2.21 bits per heavy atom. The lowest BCUT2D eigenvalue weighted by Crippen LogP contribution is -2.21. The molecule has 0 radical (unpaired) electrons. The van der Waals surface area contributed by atoms with E-state index in [0.717, 1.165) is 24.5 Å². The first-order chi connectivity index (χ1) is 9.22. The van der Waals surface area contributed by atoms with Crippen LogP contribution >= 0.6 is 0 Å². The van der Waals surface area contributed by atoms with E-state index in [9.17, 15) is 0 Å². The molecule has 7 heteroatoms. The maximum atomic E-state index is 5.50. The lowest BCUT2D eigenvalue weighted by atomic mass is 10.1. The molecule has 19 heavy (non-hydrogen) atoms. The van der Waals surface area contributed by atoms with Crippen LogP contribution in [0.2, 0.25) is 0 Å². The van der Waals surface area contributed by atoms with E-state index in [4.69, 9.17) is 15.2 Å². The number of hydrogen-bond donors (Lipinski definition) is 2. The molecule has 3 rings (SSSR count). The molecule has 0 aliphatic carbocycles. The van der Waals surface area contributed by atoms with E-state index >= 15 is 0 Å². The summed E-state index contributed by atoms with van der Waals surface area (Å²) in [5.74, 6) is 2.53. The molecule has 2 aromatic rings. The summed E-state index contributed by atoms with van der Waals surface area (Å²) < 4.78 is 10.6. The second kappa shape index (κ2) is 4.68. The number of aromatic amines is 1. The summed E-state index contributed by atoms with van der Waals surface area (Å²) in [5.41, 5.74) is 6.68. The number of benzene rings is 1. The molecule has 0 fully saturated rings. The SMILES string of the molecule is CN(CCc1ccc2c(c1)OCO2)c1n[nH]c(N)n1. The molecule has 0 unspecified atom stereocenters. The molecule has 0 atom stereocenters. The fraction of sp³-hybridized carbons (Fsp3) is 0.333. The smallest absolute Gasteiger partial charge is 0.246 e. The van der Waals surface area contributed by atoms with Gasteiger partial charge in [-0.2, -0.15) is 4.98 Å². The first-order valence-corrected chi connectivity index (χ1v) is 6.00. The highest BCUT2D eigenvalue weighted by Crippen LogP contribution is 2.32. The van der Waals surface area contributed by atoms with Crippen molar-refractivity contribution in [2.24, 2.45) is 0 Å². The number of nitrogens with zero attached hydrogens (tertiary/aromatic N) is 3. The Balaban J connectivity index is 1.63. The molecule has 1 aliphatic heterocycles. The van der Waals surface area contributed by atoms with Gasteiger partial charge in [0.15, 0.2) is 11.5 Å². The van der Waals surface area contributed by atoms with Crippen LogP contribution in [0, 0.1) is 0 Å². The summed E-state index contributed by atoms with van der Waals surface area (Å²) in [6.45, 7) is 1.09. The van der Waals surface area contributed by atoms with Gasteiger partial charge in [0.25, 0.3) is 0 Å². The van der Waals surface area contributed by atoms with Gasteiger partial charge in [-0.15, -0.1) is 5.10 Å². The second-order valence-corrected chi connectivity index (χ2v) is 4.38. The average Bonchev–Trinajstić information content (AvgIpc) is 3.03. The molecule has 0 bridgehead atoms. The quantitative estimate of drug-likeness (QED) is 0.846. The van der Waals surface area contributed by atoms with Crippen molar-refractivity contribution < 1.29 is 9.47 Å². The van der Waals surface area contributed by atoms with E-state index in [2.05, 4.69) is 15.2 Å². The van der Waals surface area contributed by atoms with Gasteiger partial charge in [0.2, 0.25) is 18.7 Å². The number of ether oxygens (including phenoxy) is 2. The van der Waals surface area contributed by atoms with Gasteiger partial charge in [0.05, 0.1) is 0 Å². The number of likely N-dealkylation sites (N-methyl/N-ethyl adjacent to an activating group) is 1. The van der Waals surface area contributed by atoms with Crippen LogP contribution in [0.15, 0.2) is 18.2 Å². The van der Waals surface area contributed by atoms with Crippen molar-refractivity contribution in [2.75, 3.05) is 31.0 Å². The third kappa shape index (κ3) is 2.40. The molecule has 1 aliphatic rings. The maximum absolute atomic E-state index is 5.50. The van der Waals surface area contributed by atoms with Gasteiger partial charge in [-0.1, -0.05) is 6.07 Å². The summed E-state index contributed by atoms with van der Waals surface area (Å²) in [7, 11) is 1.93. The number of nitrogens with one attached hydrogen (secondary N) is 1. The zero-order chi connectivity index (χ0) is 13.2. The largest absolute Gasteiger partial charge is 0.454 e. The first-order valence-electron chi connectivity index (χ1n) is 6.00. The summed E-state index contributed by atoms with van der Waals surface area (Å²) in [5, 5.41) is 6.63. The van der Waals surface area contributed by atoms with Gasteiger partial charge in [-0.25, -0.2) is 5.10 Å². The number of anilines is 2. The molecule has 0 saturated carbocycles. The van der Waals surface area contributed by atoms with E-state index in [1.54, 1.807) is 0 Å². The molecule has 0 amide bonds. The lowest BCUT2D eigenvalue weighted by Gasteiger charge is -2.14. The topological polar surface area (TPSA) is 89.3 Å². The Labute approximate surface area is 110 Å². The Morgan fingerprint density at radius 3 is 3.00 bits per heavy atom. The number of fused-ring (bicyclic) bond motifs is 1. The predicted molar refractivity (Wildman–Crippen MR) is 70.3 cm³/mol. The lowest BCUT2D eigenvalue weighted by molar-refractivity contribution is 0.174. The number of hydrogen-bond acceptors (Lipinski definition) is 6. The van der Waals surface area contributed by atoms with Gasteiger partial charge < -0.3 is 20.1 Å². The molecule has 1 aromatic carbocycles. The van der Waals surface area contributed by atoms with Crippen molar-refractivity contribution >= 4 is 11.9 Å². The molecule has 3 N–H and O–H groups in total. The molecule has 7 nitrogen and oxygen atoms in total. The van der Waals surface area contributed by atoms with Crippen LogP contribution in [0.4, 0.5) is 11.9 Å². The van der Waals surface area contributed by atoms with E-state index in [1.165, 1.54) is 5.56 Å². The Hall–Kier alpha value is -2.44. The highest BCUT2D eigenvalue weighted by atomic mass is 16.7. The summed E-state index contributed by atoms with van der Waals surface area (Å²) >= 11 is 0. The monoisotopic (exact) mass is 261 g/mol. The summed E-state index contributed by atoms with van der Waals surface area (Å²) in [6, 6.07) is 5.97. The molecular weight excluding hydrogens is 246 g/mol. The average molecular weight is 261 g/mol. The molecule has 0 spiro atoms. The zero-order valence-electron chi connectivity index (χ0n) is 10.6. The van der Waals surface area contributed by atoms with Crippen molar-refractivity contribution in [3.8, 4) is 11.5 Å². The third-order valence-electron chi connectivity index (χ3n) is 3.01. The Morgan fingerprint density at radius 1 is 1.37 bits per heavy atom. The van der Waals surface area contributed by atoms with E-state index in [1.807, 2.05) is 30.1 Å². The molecule has 1 aromatic heterocycles. The number of H-pyrrole nitrogens is 1. The van der Waals surface area contributed by atoms with Crippen LogP contribution in [0.5, 0.6) is 11.5 Å². The normalized spacial score (nSPS) is 12.7. The fourth-order valence-electron chi connectivity index (χ4n) is 1.93. The van der Waals surface area contributed by atoms with Gasteiger partial charge in [0, 0.05) is 13.6 Å². The van der Waals surface area contributed by atoms with E-state index < -0.39 is 0 Å². The molecular formula is C12H15N5O2. The van der Waals surface area contributed by atoms with Crippen molar-refractivity contribution in [3.05, 3.63) is 23.8 Å². The van der Waals surface area contributed by atoms with Crippen LogP contribution < -0.4 is 20.1 Å². The van der Waals surface area contributed by atoms with Crippen molar-refractivity contribution in [1.29, 1.82) is 0 Å². The number of aromatic nitrogens is 3. The number of rotatable bonds is 4. The van der Waals surface area contributed by atoms with E-state index in [0.29, 0.717) is 18.7 Å². The van der Waals surface area contributed by atoms with Crippen LogP contribution in [-0.4, -0.2) is 35.6 Å². The van der Waals surface area contributed by atoms with Crippen molar-refractivity contribution in [2.45, 2.75) is 6.42 Å². The molecule has 2 heterocycles. The first kappa shape index (κ1) is 11.6. The van der Waals surface area contributed by atoms with Crippen LogP contribution in [0.3, 0.4) is 0 Å². The van der Waals surface area contributed by atoms with Gasteiger partial charge in [-0.05, 0) is 24.1 Å². The van der Waals surface area contributed by atoms with E-state index in [-0.39, 0.29) is 0 Å². The number of nitrogens with two attached hydrogens (primary N) is 1. The Kier molecular flexibility index (Phi) is 2.86. The van der Waals surface area contributed by atoms with Crippen LogP contribution in [-0.2, 0) is 6.42 Å². The predicted octanol–water partition coefficient (Wildman–Crippen LogP) is 0.794. The third-order valence-corrected chi connectivity index (χ3v) is 3.01. The summed E-state index contributed by atoms with van der Waals surface area (Å²) in [6.07, 6.45) is 0.863. The van der Waals surface area contributed by atoms with Gasteiger partial charge in [-0.3, -0.25) is 0 Å². The minimum Gasteiger partial charge on any atom is -0.454 e. The summed E-state index contributed by atoms with van der Waals surface area (Å²) in [4.78, 5) is 6.01. The minimum absolute atomic E-state index is 0.301. The van der Waals surface area contributed by atoms with Crippen molar-refractivity contribution in [3.63, 3.8) is 0 Å². The molecule has 0 saturated heterocycles. The standard InChI is InChI=1S/C12H15N5O2/c1-17(12-14-11(13)15-16-12)5-4-8-2-3-9-10(6-8)19-7-18-9/h2-3,6H,4-5,7H2,1H3,(H3,13,14,15,16). The second-order valence-electron chi connectivity index (χ2n) is 4.38. The fourth-order valence-corrected chi connectivity index (χ4v) is 1.93. The Bertz CT molecular complexity index is 583. The highest BCUT2D eigenvalue weighted by molar-refractivity contribution is 5.44. The maximum Gasteiger partial charge on any atom is 0.246 e. The van der Waals surface area contributed by atoms with Gasteiger partial charge in [0.1, 0.15) is 0 Å². The van der Waals surface area contributed by atoms with Crippen molar-refractivity contribution in [1.82, 2.24) is 15.2 Å².